The quantitative estimate of drug-likeness (QED) is 0.760. The summed E-state index contributed by atoms with van der Waals surface area (Å²) in [6.45, 7) is 0.0940. The summed E-state index contributed by atoms with van der Waals surface area (Å²) < 4.78 is 14.4. The van der Waals surface area contributed by atoms with Crippen LogP contribution in [-0.2, 0) is 6.54 Å². The van der Waals surface area contributed by atoms with E-state index in [1.54, 1.807) is 36.4 Å². The second-order valence-electron chi connectivity index (χ2n) is 4.80. The Morgan fingerprint density at radius 3 is 2.75 bits per heavy atom. The third-order valence-electron chi connectivity index (χ3n) is 3.09. The van der Waals surface area contributed by atoms with E-state index in [1.165, 1.54) is 16.8 Å². The third kappa shape index (κ3) is 3.85. The number of tetrazole rings is 1. The SMILES string of the molecule is O=C(NCc1nnnn1-c1ccc(F)cc1)Nc1cccc(Cl)c1. The molecule has 2 aromatic carbocycles. The number of carbonyl (C=O) groups excluding carboxylic acids is 1. The van der Waals surface area contributed by atoms with Gasteiger partial charge in [-0.05, 0) is 52.9 Å². The number of carbonyl (C=O) groups is 1. The van der Waals surface area contributed by atoms with Gasteiger partial charge in [0.15, 0.2) is 5.82 Å². The molecule has 0 fully saturated rings. The zero-order valence-corrected chi connectivity index (χ0v) is 13.0. The van der Waals surface area contributed by atoms with E-state index in [2.05, 4.69) is 26.2 Å². The van der Waals surface area contributed by atoms with Gasteiger partial charge in [-0.3, -0.25) is 0 Å². The van der Waals surface area contributed by atoms with Gasteiger partial charge in [0, 0.05) is 10.7 Å². The Kier molecular flexibility index (Phi) is 4.66. The van der Waals surface area contributed by atoms with Crippen molar-refractivity contribution in [3.05, 3.63) is 65.2 Å². The summed E-state index contributed by atoms with van der Waals surface area (Å²) in [4.78, 5) is 11.9. The van der Waals surface area contributed by atoms with Crippen LogP contribution in [0.5, 0.6) is 0 Å². The Balaban J connectivity index is 1.64. The maximum absolute atomic E-state index is 13.0. The summed E-state index contributed by atoms with van der Waals surface area (Å²) in [5, 5.41) is 17.1. The maximum atomic E-state index is 13.0. The lowest BCUT2D eigenvalue weighted by molar-refractivity contribution is 0.251. The van der Waals surface area contributed by atoms with Crippen LogP contribution in [0.4, 0.5) is 14.9 Å². The smallest absolute Gasteiger partial charge is 0.319 e. The Bertz CT molecular complexity index is 851. The molecule has 0 bridgehead atoms. The lowest BCUT2D eigenvalue weighted by Gasteiger charge is -2.08. The summed E-state index contributed by atoms with van der Waals surface area (Å²) in [6, 6.07) is 12.1. The Labute approximate surface area is 141 Å². The van der Waals surface area contributed by atoms with E-state index in [9.17, 15) is 9.18 Å². The average molecular weight is 347 g/mol. The molecule has 2 amide bonds. The zero-order chi connectivity index (χ0) is 16.9. The molecule has 0 saturated heterocycles. The number of benzene rings is 2. The summed E-state index contributed by atoms with van der Waals surface area (Å²) in [5.41, 5.74) is 1.16. The number of anilines is 1. The van der Waals surface area contributed by atoms with Crippen LogP contribution in [0.2, 0.25) is 5.02 Å². The molecule has 122 valence electrons. The molecule has 0 atom stereocenters. The maximum Gasteiger partial charge on any atom is 0.319 e. The van der Waals surface area contributed by atoms with Crippen LogP contribution in [-0.4, -0.2) is 26.2 Å². The van der Waals surface area contributed by atoms with Crippen LogP contribution in [0.15, 0.2) is 48.5 Å². The van der Waals surface area contributed by atoms with E-state index >= 15 is 0 Å². The van der Waals surface area contributed by atoms with E-state index in [1.807, 2.05) is 0 Å². The fraction of sp³-hybridized carbons (Fsp3) is 0.0667. The summed E-state index contributed by atoms with van der Waals surface area (Å²) in [6.07, 6.45) is 0. The highest BCUT2D eigenvalue weighted by molar-refractivity contribution is 6.30. The molecule has 0 spiro atoms. The minimum Gasteiger partial charge on any atom is -0.330 e. The van der Waals surface area contributed by atoms with Crippen molar-refractivity contribution in [3.63, 3.8) is 0 Å². The standard InChI is InChI=1S/C15H12ClFN6O/c16-10-2-1-3-12(8-10)19-15(24)18-9-14-20-21-22-23(14)13-6-4-11(17)5-7-13/h1-8H,9H2,(H2,18,19,24). The van der Waals surface area contributed by atoms with Crippen LogP contribution in [0.25, 0.3) is 5.69 Å². The van der Waals surface area contributed by atoms with Gasteiger partial charge in [-0.15, -0.1) is 5.10 Å². The van der Waals surface area contributed by atoms with Gasteiger partial charge in [-0.1, -0.05) is 17.7 Å². The summed E-state index contributed by atoms with van der Waals surface area (Å²) in [7, 11) is 0. The lowest BCUT2D eigenvalue weighted by atomic mass is 10.3. The largest absolute Gasteiger partial charge is 0.330 e. The molecule has 2 N–H and O–H groups in total. The monoisotopic (exact) mass is 346 g/mol. The molecule has 0 unspecified atom stereocenters. The van der Waals surface area contributed by atoms with E-state index in [4.69, 9.17) is 11.6 Å². The van der Waals surface area contributed by atoms with Gasteiger partial charge in [0.2, 0.25) is 0 Å². The van der Waals surface area contributed by atoms with Crippen molar-refractivity contribution in [3.8, 4) is 5.69 Å². The topological polar surface area (TPSA) is 84.7 Å². The molecule has 0 radical (unpaired) electrons. The van der Waals surface area contributed by atoms with Crippen molar-refractivity contribution < 1.29 is 9.18 Å². The van der Waals surface area contributed by atoms with Crippen molar-refractivity contribution in [2.45, 2.75) is 6.54 Å². The molecule has 9 heteroatoms. The number of aromatic nitrogens is 4. The molecule has 7 nitrogen and oxygen atoms in total. The van der Waals surface area contributed by atoms with Crippen LogP contribution in [0.3, 0.4) is 0 Å². The molecule has 24 heavy (non-hydrogen) atoms. The number of urea groups is 1. The van der Waals surface area contributed by atoms with Crippen LogP contribution >= 0.6 is 11.6 Å². The van der Waals surface area contributed by atoms with Crippen molar-refractivity contribution in [1.29, 1.82) is 0 Å². The number of halogens is 2. The number of nitrogens with one attached hydrogen (secondary N) is 2. The van der Waals surface area contributed by atoms with Crippen LogP contribution < -0.4 is 10.6 Å². The van der Waals surface area contributed by atoms with Crippen molar-refractivity contribution in [2.75, 3.05) is 5.32 Å². The van der Waals surface area contributed by atoms with Gasteiger partial charge in [0.25, 0.3) is 0 Å². The van der Waals surface area contributed by atoms with Crippen LogP contribution in [0.1, 0.15) is 5.82 Å². The number of nitrogens with zero attached hydrogens (tertiary/aromatic N) is 4. The van der Waals surface area contributed by atoms with E-state index in [0.717, 1.165) is 0 Å². The zero-order valence-electron chi connectivity index (χ0n) is 12.3. The molecular formula is C15H12ClFN6O. The number of hydrogen-bond donors (Lipinski definition) is 2. The van der Waals surface area contributed by atoms with E-state index in [-0.39, 0.29) is 12.4 Å². The van der Waals surface area contributed by atoms with Gasteiger partial charge in [-0.2, -0.15) is 4.68 Å². The Morgan fingerprint density at radius 1 is 1.21 bits per heavy atom. The molecule has 0 aliphatic heterocycles. The molecule has 3 rings (SSSR count). The summed E-state index contributed by atoms with van der Waals surface area (Å²) >= 11 is 5.86. The van der Waals surface area contributed by atoms with E-state index in [0.29, 0.717) is 22.2 Å². The van der Waals surface area contributed by atoms with E-state index < -0.39 is 6.03 Å². The second-order valence-corrected chi connectivity index (χ2v) is 5.24. The lowest BCUT2D eigenvalue weighted by Crippen LogP contribution is -2.29. The first-order valence-electron chi connectivity index (χ1n) is 6.95. The minimum absolute atomic E-state index is 0.0940. The van der Waals surface area contributed by atoms with Crippen LogP contribution in [0, 0.1) is 5.82 Å². The van der Waals surface area contributed by atoms with Crippen molar-refractivity contribution in [1.82, 2.24) is 25.5 Å². The highest BCUT2D eigenvalue weighted by atomic mass is 35.5. The van der Waals surface area contributed by atoms with Crippen molar-refractivity contribution >= 4 is 23.3 Å². The normalized spacial score (nSPS) is 10.4. The number of rotatable bonds is 4. The first-order valence-corrected chi connectivity index (χ1v) is 7.33. The molecule has 0 aliphatic carbocycles. The molecule has 0 aliphatic rings. The third-order valence-corrected chi connectivity index (χ3v) is 3.33. The van der Waals surface area contributed by atoms with Gasteiger partial charge in [0.05, 0.1) is 12.2 Å². The predicted molar refractivity (Wildman–Crippen MR) is 86.4 cm³/mol. The molecule has 3 aromatic rings. The number of amides is 2. The first-order chi connectivity index (χ1) is 11.6. The second kappa shape index (κ2) is 7.05. The number of hydrogen-bond acceptors (Lipinski definition) is 4. The van der Waals surface area contributed by atoms with Gasteiger partial charge < -0.3 is 10.6 Å². The average Bonchev–Trinajstić information content (AvgIpc) is 3.02. The van der Waals surface area contributed by atoms with Gasteiger partial charge in [0.1, 0.15) is 5.82 Å². The predicted octanol–water partition coefficient (Wildman–Crippen LogP) is 2.78. The highest BCUT2D eigenvalue weighted by Crippen LogP contribution is 2.14. The molecule has 1 aromatic heterocycles. The Morgan fingerprint density at radius 2 is 2.00 bits per heavy atom. The highest BCUT2D eigenvalue weighted by Gasteiger charge is 2.10. The molecule has 0 saturated carbocycles. The first kappa shape index (κ1) is 15.9. The van der Waals surface area contributed by atoms with Gasteiger partial charge in [-0.25, -0.2) is 9.18 Å². The molecular weight excluding hydrogens is 335 g/mol. The fourth-order valence-corrected chi connectivity index (χ4v) is 2.19. The Hall–Kier alpha value is -3.00. The fourth-order valence-electron chi connectivity index (χ4n) is 2.00. The minimum atomic E-state index is -0.425. The van der Waals surface area contributed by atoms with Crippen molar-refractivity contribution in [2.24, 2.45) is 0 Å². The van der Waals surface area contributed by atoms with Gasteiger partial charge >= 0.3 is 6.03 Å². The molecule has 1 heterocycles. The summed E-state index contributed by atoms with van der Waals surface area (Å²) in [5.74, 6) is 0.0512.